The van der Waals surface area contributed by atoms with Gasteiger partial charge < -0.3 is 10.2 Å². The van der Waals surface area contributed by atoms with Crippen molar-refractivity contribution in [3.63, 3.8) is 0 Å². The van der Waals surface area contributed by atoms with Crippen molar-refractivity contribution in [3.05, 3.63) is 63.9 Å². The monoisotopic (exact) mass is 431 g/mol. The van der Waals surface area contributed by atoms with Crippen LogP contribution in [0.25, 0.3) is 0 Å². The normalized spacial score (nSPS) is 16.8. The summed E-state index contributed by atoms with van der Waals surface area (Å²) in [5, 5.41) is 4.62. The predicted molar refractivity (Wildman–Crippen MR) is 111 cm³/mol. The Bertz CT molecular complexity index is 733. The van der Waals surface area contributed by atoms with E-state index in [1.807, 2.05) is 35.4 Å². The Balaban J connectivity index is 0.00000243. The van der Waals surface area contributed by atoms with Crippen LogP contribution in [0, 0.1) is 0 Å². The first kappa shape index (κ1) is 21.3. The summed E-state index contributed by atoms with van der Waals surface area (Å²) in [5.74, 6) is 1.26. The first-order chi connectivity index (χ1) is 12.1. The highest BCUT2D eigenvalue weighted by molar-refractivity contribution is 7.99. The lowest BCUT2D eigenvalue weighted by Crippen LogP contribution is -2.49. The van der Waals surface area contributed by atoms with Gasteiger partial charge in [-0.25, -0.2) is 0 Å². The van der Waals surface area contributed by atoms with Gasteiger partial charge in [0.15, 0.2) is 0 Å². The van der Waals surface area contributed by atoms with Crippen LogP contribution in [-0.2, 0) is 10.5 Å². The number of thioether (sulfide) groups is 1. The third-order valence-corrected chi connectivity index (χ3v) is 5.68. The summed E-state index contributed by atoms with van der Waals surface area (Å²) in [6.07, 6.45) is 3.58. The fraction of sp³-hybridized carbons (Fsp3) is 0.333. The van der Waals surface area contributed by atoms with Crippen LogP contribution in [-0.4, -0.2) is 41.2 Å². The van der Waals surface area contributed by atoms with Gasteiger partial charge in [0, 0.05) is 47.8 Å². The lowest BCUT2D eigenvalue weighted by molar-refractivity contribution is -0.131. The average Bonchev–Trinajstić information content (AvgIpc) is 2.64. The molecule has 0 saturated carbocycles. The van der Waals surface area contributed by atoms with Crippen molar-refractivity contribution < 1.29 is 4.79 Å². The number of hydrogen-bond acceptors (Lipinski definition) is 4. The Morgan fingerprint density at radius 1 is 1.35 bits per heavy atom. The van der Waals surface area contributed by atoms with Crippen molar-refractivity contribution in [1.29, 1.82) is 0 Å². The number of pyridine rings is 1. The van der Waals surface area contributed by atoms with Crippen molar-refractivity contribution in [3.8, 4) is 0 Å². The van der Waals surface area contributed by atoms with Gasteiger partial charge in [-0.15, -0.1) is 24.2 Å². The van der Waals surface area contributed by atoms with Crippen LogP contribution in [0.1, 0.15) is 17.2 Å². The van der Waals surface area contributed by atoms with Gasteiger partial charge in [0.1, 0.15) is 0 Å². The minimum absolute atomic E-state index is 0. The Morgan fingerprint density at radius 2 is 2.19 bits per heavy atom. The van der Waals surface area contributed by atoms with Gasteiger partial charge in [-0.1, -0.05) is 35.3 Å². The molecule has 1 N–H and O–H groups in total. The summed E-state index contributed by atoms with van der Waals surface area (Å²) in [7, 11) is 0. The quantitative estimate of drug-likeness (QED) is 0.768. The van der Waals surface area contributed by atoms with Crippen LogP contribution < -0.4 is 5.32 Å². The lowest BCUT2D eigenvalue weighted by atomic mass is 10.1. The second kappa shape index (κ2) is 10.4. The molecule has 1 aliphatic rings. The largest absolute Gasteiger partial charge is 0.332 e. The van der Waals surface area contributed by atoms with Gasteiger partial charge in [0.05, 0.1) is 11.8 Å². The third-order valence-electron chi connectivity index (χ3n) is 4.13. The molecular formula is C18H20Cl3N3OS. The number of carbonyl (C=O) groups excluding carboxylic acids is 1. The minimum Gasteiger partial charge on any atom is -0.332 e. The molecule has 0 radical (unpaired) electrons. The van der Waals surface area contributed by atoms with Crippen LogP contribution in [0.4, 0.5) is 0 Å². The zero-order valence-corrected chi connectivity index (χ0v) is 17.2. The summed E-state index contributed by atoms with van der Waals surface area (Å²) in [4.78, 5) is 18.8. The maximum atomic E-state index is 12.7. The van der Waals surface area contributed by atoms with E-state index in [0.29, 0.717) is 28.1 Å². The van der Waals surface area contributed by atoms with Gasteiger partial charge in [-0.3, -0.25) is 9.78 Å². The molecule has 1 saturated heterocycles. The van der Waals surface area contributed by atoms with E-state index >= 15 is 0 Å². The number of nitrogens with zero attached hydrogens (tertiary/aromatic N) is 2. The molecule has 4 nitrogen and oxygen atoms in total. The molecule has 1 atom stereocenters. The molecule has 0 aliphatic carbocycles. The molecule has 1 aliphatic heterocycles. The van der Waals surface area contributed by atoms with Crippen LogP contribution in [0.2, 0.25) is 10.0 Å². The van der Waals surface area contributed by atoms with E-state index in [-0.39, 0.29) is 24.4 Å². The highest BCUT2D eigenvalue weighted by Gasteiger charge is 2.27. The molecule has 0 spiro atoms. The average molecular weight is 433 g/mol. The van der Waals surface area contributed by atoms with E-state index in [9.17, 15) is 4.79 Å². The van der Waals surface area contributed by atoms with Crippen molar-refractivity contribution in [2.24, 2.45) is 0 Å². The fourth-order valence-electron chi connectivity index (χ4n) is 2.84. The van der Waals surface area contributed by atoms with E-state index in [1.54, 1.807) is 24.0 Å². The Morgan fingerprint density at radius 3 is 2.92 bits per heavy atom. The second-order valence-electron chi connectivity index (χ2n) is 5.82. The van der Waals surface area contributed by atoms with Gasteiger partial charge in [0.2, 0.25) is 5.91 Å². The van der Waals surface area contributed by atoms with Crippen LogP contribution in [0.5, 0.6) is 0 Å². The number of amides is 1. The summed E-state index contributed by atoms with van der Waals surface area (Å²) in [6, 6.07) is 9.42. The zero-order valence-electron chi connectivity index (χ0n) is 14.0. The van der Waals surface area contributed by atoms with E-state index in [1.165, 1.54) is 0 Å². The molecule has 1 unspecified atom stereocenters. The first-order valence-corrected chi connectivity index (χ1v) is 9.98. The maximum absolute atomic E-state index is 12.7. The van der Waals surface area contributed by atoms with Crippen molar-refractivity contribution in [1.82, 2.24) is 15.2 Å². The highest BCUT2D eigenvalue weighted by Crippen LogP contribution is 2.26. The van der Waals surface area contributed by atoms with Crippen LogP contribution >= 0.6 is 47.4 Å². The minimum atomic E-state index is 0. The molecule has 1 amide bonds. The molecule has 2 aromatic rings. The molecule has 26 heavy (non-hydrogen) atoms. The second-order valence-corrected chi connectivity index (χ2v) is 7.65. The molecule has 8 heteroatoms. The summed E-state index contributed by atoms with van der Waals surface area (Å²) in [5.41, 5.74) is 2.06. The molecule has 1 fully saturated rings. The number of carbonyl (C=O) groups is 1. The van der Waals surface area contributed by atoms with Crippen molar-refractivity contribution in [2.45, 2.75) is 11.8 Å². The van der Waals surface area contributed by atoms with Crippen LogP contribution in [0.3, 0.4) is 0 Å². The van der Waals surface area contributed by atoms with Gasteiger partial charge in [-0.05, 0) is 29.3 Å². The number of piperazine rings is 1. The van der Waals surface area contributed by atoms with Crippen molar-refractivity contribution in [2.75, 3.05) is 25.4 Å². The first-order valence-electron chi connectivity index (χ1n) is 8.07. The zero-order chi connectivity index (χ0) is 17.6. The number of hydrogen-bond donors (Lipinski definition) is 1. The maximum Gasteiger partial charge on any atom is 0.233 e. The van der Waals surface area contributed by atoms with E-state index < -0.39 is 0 Å². The molecule has 0 bridgehead atoms. The molecule has 1 aromatic heterocycles. The molecule has 140 valence electrons. The standard InChI is InChI=1S/C18H19Cl2N3OS.ClH/c19-15-4-3-14(16(20)8-15)11-25-12-18(24)23-7-6-22-10-17(23)13-2-1-5-21-9-13;/h1-5,8-9,17,22H,6-7,10-12H2;1H. The van der Waals surface area contributed by atoms with Gasteiger partial charge in [-0.2, -0.15) is 0 Å². The Labute approximate surface area is 174 Å². The van der Waals surface area contributed by atoms with E-state index in [2.05, 4.69) is 10.3 Å². The Hall–Kier alpha value is -0.980. The third kappa shape index (κ3) is 5.51. The number of benzene rings is 1. The molecular weight excluding hydrogens is 413 g/mol. The van der Waals surface area contributed by atoms with Gasteiger partial charge >= 0.3 is 0 Å². The summed E-state index contributed by atoms with van der Waals surface area (Å²) >= 11 is 13.7. The predicted octanol–water partition coefficient (Wildman–Crippen LogP) is 4.22. The van der Waals surface area contributed by atoms with Crippen molar-refractivity contribution >= 4 is 53.3 Å². The molecule has 3 rings (SSSR count). The van der Waals surface area contributed by atoms with E-state index in [0.717, 1.165) is 24.2 Å². The number of aromatic nitrogens is 1. The number of nitrogens with one attached hydrogen (secondary N) is 1. The summed E-state index contributed by atoms with van der Waals surface area (Å²) in [6.45, 7) is 2.28. The smallest absolute Gasteiger partial charge is 0.233 e. The summed E-state index contributed by atoms with van der Waals surface area (Å²) < 4.78 is 0. The number of rotatable bonds is 5. The SMILES string of the molecule is Cl.O=C(CSCc1ccc(Cl)cc1Cl)N1CCNCC1c1cccnc1. The number of halogens is 3. The van der Waals surface area contributed by atoms with Crippen LogP contribution in [0.15, 0.2) is 42.7 Å². The fourth-order valence-corrected chi connectivity index (χ4v) is 4.31. The molecule has 1 aromatic carbocycles. The lowest BCUT2D eigenvalue weighted by Gasteiger charge is -2.36. The highest BCUT2D eigenvalue weighted by atomic mass is 35.5. The van der Waals surface area contributed by atoms with E-state index in [4.69, 9.17) is 23.2 Å². The Kier molecular flexibility index (Phi) is 8.51. The van der Waals surface area contributed by atoms with Gasteiger partial charge in [0.25, 0.3) is 0 Å². The topological polar surface area (TPSA) is 45.2 Å². The molecule has 2 heterocycles.